The van der Waals surface area contributed by atoms with E-state index in [1.54, 1.807) is 24.3 Å². The largest absolute Gasteiger partial charge is 0.265 e. The number of hydrogen-bond acceptors (Lipinski definition) is 4. The van der Waals surface area contributed by atoms with Gasteiger partial charge in [-0.2, -0.15) is 0 Å². The molecule has 0 N–H and O–H groups in total. The highest BCUT2D eigenvalue weighted by Gasteiger charge is 2.38. The summed E-state index contributed by atoms with van der Waals surface area (Å²) in [6.07, 6.45) is 1.46. The molecule has 0 spiro atoms. The highest BCUT2D eigenvalue weighted by atomic mass is 79.9. The molecule has 0 saturated heterocycles. The van der Waals surface area contributed by atoms with Crippen molar-refractivity contribution in [3.05, 3.63) is 60.6 Å². The van der Waals surface area contributed by atoms with Crippen LogP contribution in [0.4, 0.5) is 0 Å². The molecule has 0 amide bonds. The Morgan fingerprint density at radius 1 is 1.37 bits per heavy atom. The Hall–Kier alpha value is -1.47. The Morgan fingerprint density at radius 3 is 2.53 bits per heavy atom. The van der Waals surface area contributed by atoms with E-state index in [0.29, 0.717) is 5.56 Å². The van der Waals surface area contributed by atoms with Crippen molar-refractivity contribution in [1.29, 1.82) is 0 Å². The number of hydrogen-bond donors (Lipinski definition) is 0. The molecule has 7 heteroatoms. The van der Waals surface area contributed by atoms with Crippen LogP contribution < -0.4 is 0 Å². The lowest BCUT2D eigenvalue weighted by Crippen LogP contribution is -2.06. The molecule has 0 bridgehead atoms. The number of rotatable bonds is 2. The summed E-state index contributed by atoms with van der Waals surface area (Å²) in [5, 5.41) is 10.8. The normalized spacial score (nSPS) is 20.0. The maximum absolute atomic E-state index is 12.0. The maximum atomic E-state index is 12.0. The molecule has 0 radical (unpaired) electrons. The minimum atomic E-state index is -3.62. The van der Waals surface area contributed by atoms with E-state index in [4.69, 9.17) is 0 Å². The van der Waals surface area contributed by atoms with Crippen LogP contribution in [0.2, 0.25) is 0 Å². The van der Waals surface area contributed by atoms with E-state index in [9.17, 15) is 18.5 Å². The first-order chi connectivity index (χ1) is 8.83. The molecule has 0 saturated carbocycles. The van der Waals surface area contributed by atoms with E-state index in [1.807, 2.05) is 0 Å². The number of allylic oxidation sites excluding steroid dienone is 1. The molecule has 0 atom stereocenters. The summed E-state index contributed by atoms with van der Waals surface area (Å²) in [5.41, 5.74) is 0.629. The van der Waals surface area contributed by atoms with Crippen LogP contribution in [0.25, 0.3) is 6.08 Å². The average Bonchev–Trinajstić information content (AvgIpc) is 2.55. The second-order valence-electron chi connectivity index (χ2n) is 4.12. The SMILES string of the molecule is CC1=C([N+](=O)[O-])CS(=O)(=O)C1=Cc1ccccc1Br. The third-order valence-corrected chi connectivity index (χ3v) is 5.35. The lowest BCUT2D eigenvalue weighted by atomic mass is 10.1. The first kappa shape index (κ1) is 14.0. The number of halogens is 1. The molecule has 0 aliphatic carbocycles. The zero-order valence-electron chi connectivity index (χ0n) is 9.96. The fourth-order valence-corrected chi connectivity index (χ4v) is 3.99. The summed E-state index contributed by atoms with van der Waals surface area (Å²) in [6.45, 7) is 1.46. The average molecular weight is 344 g/mol. The van der Waals surface area contributed by atoms with Crippen LogP contribution in [-0.2, 0) is 9.84 Å². The van der Waals surface area contributed by atoms with Gasteiger partial charge in [0.2, 0.25) is 0 Å². The van der Waals surface area contributed by atoms with Crippen LogP contribution in [-0.4, -0.2) is 19.1 Å². The van der Waals surface area contributed by atoms with Gasteiger partial charge in [-0.15, -0.1) is 0 Å². The topological polar surface area (TPSA) is 77.3 Å². The molecule has 0 fully saturated rings. The van der Waals surface area contributed by atoms with Gasteiger partial charge in [-0.05, 0) is 24.6 Å². The molecular formula is C12H10BrNO4S. The fraction of sp³-hybridized carbons (Fsp3) is 0.167. The first-order valence-corrected chi connectivity index (χ1v) is 7.81. The van der Waals surface area contributed by atoms with Crippen LogP contribution in [0.3, 0.4) is 0 Å². The van der Waals surface area contributed by atoms with Gasteiger partial charge >= 0.3 is 0 Å². The van der Waals surface area contributed by atoms with Crippen LogP contribution in [0.15, 0.2) is 44.9 Å². The van der Waals surface area contributed by atoms with E-state index < -0.39 is 20.5 Å². The molecule has 1 aliphatic rings. The van der Waals surface area contributed by atoms with Gasteiger partial charge in [-0.3, -0.25) is 10.1 Å². The lowest BCUT2D eigenvalue weighted by Gasteiger charge is -2.01. The van der Waals surface area contributed by atoms with Crippen molar-refractivity contribution in [2.45, 2.75) is 6.92 Å². The minimum Gasteiger partial charge on any atom is -0.259 e. The number of benzene rings is 1. The summed E-state index contributed by atoms with van der Waals surface area (Å²) >= 11 is 3.32. The standard InChI is InChI=1S/C12H10BrNO4S/c1-8-11(14(15)16)7-19(17,18)12(8)6-9-4-2-3-5-10(9)13/h2-6H,7H2,1H3. The third-order valence-electron chi connectivity index (χ3n) is 2.88. The van der Waals surface area contributed by atoms with Gasteiger partial charge in [0.25, 0.3) is 5.70 Å². The quantitative estimate of drug-likeness (QED) is 0.611. The van der Waals surface area contributed by atoms with E-state index >= 15 is 0 Å². The fourth-order valence-electron chi connectivity index (χ4n) is 1.86. The minimum absolute atomic E-state index is 0.0195. The molecule has 100 valence electrons. The zero-order chi connectivity index (χ0) is 14.2. The van der Waals surface area contributed by atoms with Gasteiger partial charge in [0.15, 0.2) is 9.84 Å². The van der Waals surface area contributed by atoms with Crippen LogP contribution >= 0.6 is 15.9 Å². The van der Waals surface area contributed by atoms with Crippen molar-refractivity contribution in [1.82, 2.24) is 0 Å². The summed E-state index contributed by atoms with van der Waals surface area (Å²) in [4.78, 5) is 10.2. The molecule has 1 aliphatic heterocycles. The van der Waals surface area contributed by atoms with Gasteiger partial charge in [0.1, 0.15) is 5.75 Å². The summed E-state index contributed by atoms with van der Waals surface area (Å²) in [7, 11) is -3.62. The van der Waals surface area contributed by atoms with Crippen molar-refractivity contribution in [2.75, 3.05) is 5.75 Å². The van der Waals surface area contributed by atoms with E-state index in [2.05, 4.69) is 15.9 Å². The smallest absolute Gasteiger partial charge is 0.259 e. The molecule has 5 nitrogen and oxygen atoms in total. The maximum Gasteiger partial charge on any atom is 0.265 e. The molecule has 0 unspecified atom stereocenters. The van der Waals surface area contributed by atoms with Crippen molar-refractivity contribution >= 4 is 31.8 Å². The highest BCUT2D eigenvalue weighted by molar-refractivity contribution is 9.10. The van der Waals surface area contributed by atoms with Gasteiger partial charge < -0.3 is 0 Å². The number of nitrogens with zero attached hydrogens (tertiary/aromatic N) is 1. The van der Waals surface area contributed by atoms with Gasteiger partial charge in [0, 0.05) is 10.0 Å². The van der Waals surface area contributed by atoms with Crippen LogP contribution in [0.1, 0.15) is 12.5 Å². The van der Waals surface area contributed by atoms with E-state index in [1.165, 1.54) is 13.0 Å². The molecule has 1 aromatic carbocycles. The second kappa shape index (κ2) is 4.90. The van der Waals surface area contributed by atoms with E-state index in [0.717, 1.165) is 4.47 Å². The predicted molar refractivity (Wildman–Crippen MR) is 75.6 cm³/mol. The van der Waals surface area contributed by atoms with Crippen molar-refractivity contribution in [3.63, 3.8) is 0 Å². The van der Waals surface area contributed by atoms with Crippen LogP contribution in [0.5, 0.6) is 0 Å². The predicted octanol–water partition coefficient (Wildman–Crippen LogP) is 2.77. The second-order valence-corrected chi connectivity index (χ2v) is 6.93. The zero-order valence-corrected chi connectivity index (χ0v) is 12.4. The van der Waals surface area contributed by atoms with Gasteiger partial charge in [0.05, 0.1) is 9.83 Å². The number of nitro groups is 1. The molecule has 19 heavy (non-hydrogen) atoms. The highest BCUT2D eigenvalue weighted by Crippen LogP contribution is 2.33. The Kier molecular flexibility index (Phi) is 3.60. The third kappa shape index (κ3) is 2.62. The summed E-state index contributed by atoms with van der Waals surface area (Å²) in [5.74, 6) is -0.540. The first-order valence-electron chi connectivity index (χ1n) is 5.36. The summed E-state index contributed by atoms with van der Waals surface area (Å²) in [6, 6.07) is 7.10. The monoisotopic (exact) mass is 343 g/mol. The molecule has 0 aromatic heterocycles. The molecule has 1 heterocycles. The molecule has 1 aromatic rings. The molecule has 2 rings (SSSR count). The van der Waals surface area contributed by atoms with Crippen molar-refractivity contribution in [3.8, 4) is 0 Å². The Balaban J connectivity index is 2.61. The summed E-state index contributed by atoms with van der Waals surface area (Å²) < 4.78 is 24.7. The Morgan fingerprint density at radius 2 is 2.00 bits per heavy atom. The van der Waals surface area contributed by atoms with Crippen LogP contribution in [0, 0.1) is 10.1 Å². The van der Waals surface area contributed by atoms with Gasteiger partial charge in [-0.1, -0.05) is 34.1 Å². The molecular weight excluding hydrogens is 334 g/mol. The lowest BCUT2D eigenvalue weighted by molar-refractivity contribution is -0.424. The Labute approximate surface area is 118 Å². The van der Waals surface area contributed by atoms with Crippen molar-refractivity contribution in [2.24, 2.45) is 0 Å². The number of sulfone groups is 1. The Bertz CT molecular complexity index is 719. The van der Waals surface area contributed by atoms with Crippen molar-refractivity contribution < 1.29 is 13.3 Å². The van der Waals surface area contributed by atoms with E-state index in [-0.39, 0.29) is 16.2 Å². The van der Waals surface area contributed by atoms with Gasteiger partial charge in [-0.25, -0.2) is 8.42 Å².